The highest BCUT2D eigenvalue weighted by Gasteiger charge is 2.32. The lowest BCUT2D eigenvalue weighted by Crippen LogP contribution is -2.26. The van der Waals surface area contributed by atoms with Crippen LogP contribution < -0.4 is 4.74 Å². The van der Waals surface area contributed by atoms with E-state index < -0.39 is 21.9 Å². The van der Waals surface area contributed by atoms with Gasteiger partial charge in [0.1, 0.15) is 11.4 Å². The predicted molar refractivity (Wildman–Crippen MR) is 118 cm³/mol. The number of sulfonamides is 1. The summed E-state index contributed by atoms with van der Waals surface area (Å²) >= 11 is 3.34. The zero-order valence-electron chi connectivity index (χ0n) is 17.2. The van der Waals surface area contributed by atoms with Crippen LogP contribution in [0.2, 0.25) is 0 Å². The molecule has 2 aromatic carbocycles. The van der Waals surface area contributed by atoms with E-state index in [4.69, 9.17) is 4.74 Å². The molecule has 0 saturated heterocycles. The van der Waals surface area contributed by atoms with Gasteiger partial charge in [0.15, 0.2) is 0 Å². The number of ether oxygens (including phenoxy) is 1. The lowest BCUT2D eigenvalue weighted by Gasteiger charge is -2.18. The highest BCUT2D eigenvalue weighted by atomic mass is 79.9. The van der Waals surface area contributed by atoms with Crippen molar-refractivity contribution < 1.29 is 26.3 Å². The average Bonchev–Trinajstić information content (AvgIpc) is 2.75. The van der Waals surface area contributed by atoms with E-state index in [0.717, 1.165) is 11.6 Å². The van der Waals surface area contributed by atoms with Crippen molar-refractivity contribution in [3.63, 3.8) is 0 Å². The molecule has 3 rings (SSSR count). The normalized spacial score (nSPS) is 12.2. The lowest BCUT2D eigenvalue weighted by atomic mass is 10.1. The molecule has 0 aliphatic carbocycles. The van der Waals surface area contributed by atoms with Crippen molar-refractivity contribution in [2.24, 2.45) is 0 Å². The van der Waals surface area contributed by atoms with Gasteiger partial charge in [0.25, 0.3) is 0 Å². The number of alkyl halides is 3. The van der Waals surface area contributed by atoms with E-state index in [0.29, 0.717) is 15.8 Å². The molecule has 0 N–H and O–H groups in total. The smallest absolute Gasteiger partial charge is 0.433 e. The Morgan fingerprint density at radius 3 is 2.34 bits per heavy atom. The molecular formula is C22H20BrF3N2O3S. The molecule has 3 aromatic rings. The van der Waals surface area contributed by atoms with Crippen LogP contribution in [0.5, 0.6) is 5.75 Å². The number of methoxy groups -OCH3 is 1. The van der Waals surface area contributed by atoms with Crippen molar-refractivity contribution in [3.8, 4) is 5.75 Å². The van der Waals surface area contributed by atoms with Crippen LogP contribution in [0.3, 0.4) is 0 Å². The van der Waals surface area contributed by atoms with Gasteiger partial charge in [-0.3, -0.25) is 0 Å². The molecule has 0 saturated carbocycles. The van der Waals surface area contributed by atoms with Crippen LogP contribution in [0.1, 0.15) is 22.5 Å². The summed E-state index contributed by atoms with van der Waals surface area (Å²) in [5.74, 6) is 0.675. The van der Waals surface area contributed by atoms with Gasteiger partial charge in [0, 0.05) is 30.2 Å². The van der Waals surface area contributed by atoms with Gasteiger partial charge in [-0.1, -0.05) is 40.2 Å². The molecule has 0 radical (unpaired) electrons. The number of benzene rings is 2. The minimum absolute atomic E-state index is 0.0705. The second kappa shape index (κ2) is 9.60. The Hall–Kier alpha value is -2.43. The van der Waals surface area contributed by atoms with E-state index in [1.165, 1.54) is 35.6 Å². The first kappa shape index (κ1) is 24.2. The third kappa shape index (κ3) is 5.67. The van der Waals surface area contributed by atoms with E-state index in [1.54, 1.807) is 37.4 Å². The Bertz CT molecular complexity index is 1200. The minimum atomic E-state index is -4.53. The quantitative estimate of drug-likeness (QED) is 0.418. The topological polar surface area (TPSA) is 59.5 Å². The molecule has 32 heavy (non-hydrogen) atoms. The summed E-state index contributed by atoms with van der Waals surface area (Å²) in [7, 11) is -0.751. The van der Waals surface area contributed by atoms with Gasteiger partial charge in [-0.05, 0) is 47.5 Å². The average molecular weight is 529 g/mol. The third-order valence-corrected chi connectivity index (χ3v) is 7.30. The molecule has 0 atom stereocenters. The molecule has 0 fully saturated rings. The number of rotatable bonds is 7. The van der Waals surface area contributed by atoms with Crippen molar-refractivity contribution in [1.82, 2.24) is 9.29 Å². The van der Waals surface area contributed by atoms with Crippen molar-refractivity contribution in [3.05, 3.63) is 87.7 Å². The van der Waals surface area contributed by atoms with Crippen molar-refractivity contribution in [2.75, 3.05) is 14.2 Å². The van der Waals surface area contributed by atoms with E-state index >= 15 is 0 Å². The molecule has 1 heterocycles. The maximum atomic E-state index is 13.0. The molecule has 1 aromatic heterocycles. The van der Waals surface area contributed by atoms with Crippen LogP contribution in [0.25, 0.3) is 0 Å². The van der Waals surface area contributed by atoms with E-state index in [-0.39, 0.29) is 23.6 Å². The van der Waals surface area contributed by atoms with Gasteiger partial charge in [0.2, 0.25) is 10.0 Å². The van der Waals surface area contributed by atoms with Crippen LogP contribution >= 0.6 is 15.9 Å². The van der Waals surface area contributed by atoms with Gasteiger partial charge in [-0.15, -0.1) is 0 Å². The molecule has 0 bridgehead atoms. The molecular weight excluding hydrogens is 509 g/mol. The first-order valence-corrected chi connectivity index (χ1v) is 11.6. The summed E-state index contributed by atoms with van der Waals surface area (Å²) < 4.78 is 71.4. The Labute approximate surface area is 193 Å². The van der Waals surface area contributed by atoms with Crippen molar-refractivity contribution in [2.45, 2.75) is 24.0 Å². The Kier molecular flexibility index (Phi) is 7.26. The van der Waals surface area contributed by atoms with Crippen LogP contribution in [0, 0.1) is 0 Å². The number of hydrogen-bond donors (Lipinski definition) is 0. The molecule has 0 spiro atoms. The summed E-state index contributed by atoms with van der Waals surface area (Å²) in [4.78, 5) is 3.73. The number of aromatic nitrogens is 1. The molecule has 5 nitrogen and oxygen atoms in total. The molecule has 170 valence electrons. The molecule has 0 aliphatic heterocycles. The summed E-state index contributed by atoms with van der Waals surface area (Å²) in [6.45, 7) is 0.167. The predicted octanol–water partition coefficient (Wildman–Crippen LogP) is 5.28. The number of nitrogens with zero attached hydrogens (tertiary/aromatic N) is 2. The lowest BCUT2D eigenvalue weighted by molar-refractivity contribution is -0.141. The van der Waals surface area contributed by atoms with Gasteiger partial charge < -0.3 is 4.74 Å². The van der Waals surface area contributed by atoms with Gasteiger partial charge in [-0.2, -0.15) is 17.5 Å². The van der Waals surface area contributed by atoms with E-state index in [9.17, 15) is 21.6 Å². The highest BCUT2D eigenvalue weighted by molar-refractivity contribution is 9.10. The number of halogens is 4. The summed E-state index contributed by atoms with van der Waals surface area (Å²) in [6, 6.07) is 15.2. The first-order chi connectivity index (χ1) is 15.0. The van der Waals surface area contributed by atoms with Crippen molar-refractivity contribution >= 4 is 26.0 Å². The van der Waals surface area contributed by atoms with Gasteiger partial charge >= 0.3 is 6.18 Å². The summed E-state index contributed by atoms with van der Waals surface area (Å²) in [5.41, 5.74) is 0.676. The van der Waals surface area contributed by atoms with E-state index in [2.05, 4.69) is 20.9 Å². The fourth-order valence-corrected chi connectivity index (χ4v) is 4.87. The number of hydrogen-bond acceptors (Lipinski definition) is 4. The molecule has 0 amide bonds. The SMILES string of the molecule is COc1ccc(CN(C)S(=O)(=O)c2ccc(Cc3cccc(C(F)(F)F)n3)c(Br)c2)cc1. The monoisotopic (exact) mass is 528 g/mol. The standard InChI is InChI=1S/C22H20BrF3N2O3S/c1-28(14-15-6-9-18(31-2)10-7-15)32(29,30)19-11-8-16(20(23)13-19)12-17-4-3-5-21(27-17)22(24,25)26/h3-11,13H,12,14H2,1-2H3. The zero-order chi connectivity index (χ0) is 23.5. The zero-order valence-corrected chi connectivity index (χ0v) is 19.6. The Balaban J connectivity index is 1.78. The Morgan fingerprint density at radius 1 is 1.06 bits per heavy atom. The second-order valence-corrected chi connectivity index (χ2v) is 9.95. The molecule has 0 unspecified atom stereocenters. The number of pyridine rings is 1. The van der Waals surface area contributed by atoms with E-state index in [1.807, 2.05) is 0 Å². The first-order valence-electron chi connectivity index (χ1n) is 9.41. The largest absolute Gasteiger partial charge is 0.497 e. The fraction of sp³-hybridized carbons (Fsp3) is 0.227. The van der Waals surface area contributed by atoms with Crippen LogP contribution in [-0.4, -0.2) is 31.9 Å². The second-order valence-electron chi connectivity index (χ2n) is 7.05. The Morgan fingerprint density at radius 2 is 1.75 bits per heavy atom. The van der Waals surface area contributed by atoms with Crippen LogP contribution in [-0.2, 0) is 29.2 Å². The maximum Gasteiger partial charge on any atom is 0.433 e. The van der Waals surface area contributed by atoms with Crippen LogP contribution in [0.4, 0.5) is 13.2 Å². The van der Waals surface area contributed by atoms with Gasteiger partial charge in [0.05, 0.1) is 12.0 Å². The van der Waals surface area contributed by atoms with Crippen LogP contribution in [0.15, 0.2) is 70.0 Å². The summed E-state index contributed by atoms with van der Waals surface area (Å²) in [6.07, 6.45) is -4.41. The van der Waals surface area contributed by atoms with Gasteiger partial charge in [-0.25, -0.2) is 13.4 Å². The fourth-order valence-electron chi connectivity index (χ4n) is 3.02. The maximum absolute atomic E-state index is 13.0. The highest BCUT2D eigenvalue weighted by Crippen LogP contribution is 2.29. The third-order valence-electron chi connectivity index (χ3n) is 4.77. The molecule has 10 heteroatoms. The summed E-state index contributed by atoms with van der Waals surface area (Å²) in [5, 5.41) is 0. The minimum Gasteiger partial charge on any atom is -0.497 e. The molecule has 0 aliphatic rings. The van der Waals surface area contributed by atoms with Crippen molar-refractivity contribution in [1.29, 1.82) is 0 Å².